The maximum atomic E-state index is 8.69. The quantitative estimate of drug-likeness (QED) is 0.501. The molecule has 0 heterocycles. The molecule has 96 valence electrons. The van der Waals surface area contributed by atoms with E-state index in [1.54, 1.807) is 0 Å². The van der Waals surface area contributed by atoms with Crippen molar-refractivity contribution in [2.45, 2.75) is 12.8 Å². The second kappa shape index (κ2) is 8.95. The van der Waals surface area contributed by atoms with Crippen molar-refractivity contribution in [2.24, 2.45) is 0 Å². The first-order valence-corrected chi connectivity index (χ1v) is 5.71. The maximum Gasteiger partial charge on any atom is 0.0947 e. The average molecular weight is 241 g/mol. The van der Waals surface area contributed by atoms with Crippen molar-refractivity contribution in [1.29, 1.82) is 0 Å². The van der Waals surface area contributed by atoms with E-state index in [0.717, 1.165) is 5.69 Å². The van der Waals surface area contributed by atoms with Gasteiger partial charge in [-0.2, -0.15) is 0 Å². The first-order valence-electron chi connectivity index (χ1n) is 5.71. The Morgan fingerprint density at radius 3 is 1.88 bits per heavy atom. The third kappa shape index (κ3) is 5.65. The van der Waals surface area contributed by atoms with Crippen LogP contribution in [-0.4, -0.2) is 36.6 Å². The van der Waals surface area contributed by atoms with Crippen LogP contribution in [0.5, 0.6) is 0 Å². The number of rotatable bonds is 9. The summed E-state index contributed by atoms with van der Waals surface area (Å²) in [7, 11) is 0. The molecular formula is C12H19NO4. The summed E-state index contributed by atoms with van der Waals surface area (Å²) < 4.78 is 0. The molecule has 0 atom stereocenters. The van der Waals surface area contributed by atoms with Crippen molar-refractivity contribution < 1.29 is 19.9 Å². The molecule has 5 heteroatoms. The number of hydrogen-bond donors (Lipinski definition) is 2. The van der Waals surface area contributed by atoms with E-state index in [2.05, 4.69) is 0 Å². The third-order valence-corrected chi connectivity index (χ3v) is 1.99. The summed E-state index contributed by atoms with van der Waals surface area (Å²) in [4.78, 5) is 10.8. The molecule has 0 aliphatic rings. The first kappa shape index (κ1) is 13.9. The molecule has 1 aromatic rings. The van der Waals surface area contributed by atoms with Gasteiger partial charge in [-0.05, 0) is 25.0 Å². The Morgan fingerprint density at radius 1 is 0.882 bits per heavy atom. The molecule has 0 aromatic heterocycles. The van der Waals surface area contributed by atoms with Gasteiger partial charge < -0.3 is 10.2 Å². The van der Waals surface area contributed by atoms with Crippen molar-refractivity contribution in [3.8, 4) is 0 Å². The third-order valence-electron chi connectivity index (χ3n) is 1.99. The Kier molecular flexibility index (Phi) is 7.33. The second-order valence-electron chi connectivity index (χ2n) is 3.41. The Hall–Kier alpha value is -1.14. The predicted molar refractivity (Wildman–Crippen MR) is 64.2 cm³/mol. The highest BCUT2D eigenvalue weighted by atomic mass is 16.9. The van der Waals surface area contributed by atoms with Gasteiger partial charge in [-0.15, -0.1) is 5.23 Å². The van der Waals surface area contributed by atoms with Gasteiger partial charge in [0.25, 0.3) is 0 Å². The number of benzene rings is 1. The molecule has 1 aromatic carbocycles. The molecule has 1 rings (SSSR count). The van der Waals surface area contributed by atoms with Crippen molar-refractivity contribution in [3.63, 3.8) is 0 Å². The summed E-state index contributed by atoms with van der Waals surface area (Å²) in [6.07, 6.45) is 1.10. The minimum atomic E-state index is 0.0826. The lowest BCUT2D eigenvalue weighted by Crippen LogP contribution is -2.25. The summed E-state index contributed by atoms with van der Waals surface area (Å²) in [6.45, 7) is 0.924. The van der Waals surface area contributed by atoms with Crippen LogP contribution in [0, 0.1) is 0 Å². The minimum absolute atomic E-state index is 0.0826. The highest BCUT2D eigenvalue weighted by Gasteiger charge is 2.07. The van der Waals surface area contributed by atoms with Crippen molar-refractivity contribution >= 4 is 5.69 Å². The van der Waals surface area contributed by atoms with Crippen LogP contribution in [0.25, 0.3) is 0 Å². The molecule has 0 aliphatic heterocycles. The summed E-state index contributed by atoms with van der Waals surface area (Å²) in [5.74, 6) is 0. The molecule has 0 saturated heterocycles. The number of hydrogen-bond acceptors (Lipinski definition) is 5. The smallest absolute Gasteiger partial charge is 0.0947 e. The van der Waals surface area contributed by atoms with Gasteiger partial charge in [-0.25, -0.2) is 9.68 Å². The van der Waals surface area contributed by atoms with Gasteiger partial charge in [0, 0.05) is 13.2 Å². The molecule has 0 aliphatic carbocycles. The Labute approximate surface area is 101 Å². The number of anilines is 1. The Morgan fingerprint density at radius 2 is 1.41 bits per heavy atom. The van der Waals surface area contributed by atoms with Gasteiger partial charge in [0.2, 0.25) is 0 Å². The van der Waals surface area contributed by atoms with Gasteiger partial charge in [-0.1, -0.05) is 18.2 Å². The second-order valence-corrected chi connectivity index (χ2v) is 3.41. The van der Waals surface area contributed by atoms with E-state index in [1.165, 1.54) is 5.23 Å². The average Bonchev–Trinajstić information content (AvgIpc) is 2.38. The van der Waals surface area contributed by atoms with E-state index in [4.69, 9.17) is 19.9 Å². The molecule has 0 unspecified atom stereocenters. The highest BCUT2D eigenvalue weighted by Crippen LogP contribution is 2.14. The molecule has 2 N–H and O–H groups in total. The van der Waals surface area contributed by atoms with E-state index in [-0.39, 0.29) is 13.2 Å². The number of aliphatic hydroxyl groups is 2. The zero-order chi connectivity index (χ0) is 12.3. The first-order chi connectivity index (χ1) is 8.38. The van der Waals surface area contributed by atoms with Gasteiger partial charge in [0.1, 0.15) is 0 Å². The van der Waals surface area contributed by atoms with E-state index in [1.807, 2.05) is 30.3 Å². The fourth-order valence-corrected chi connectivity index (χ4v) is 1.16. The lowest BCUT2D eigenvalue weighted by Gasteiger charge is -2.22. The number of nitrogens with zero attached hydrogens (tertiary/aromatic N) is 1. The Bertz CT molecular complexity index is 271. The SMILES string of the molecule is OCCCON(OCCCO)c1ccccc1. The lowest BCUT2D eigenvalue weighted by molar-refractivity contribution is -0.0940. The van der Waals surface area contributed by atoms with Gasteiger partial charge in [0.05, 0.1) is 18.9 Å². The van der Waals surface area contributed by atoms with Crippen LogP contribution >= 0.6 is 0 Å². The van der Waals surface area contributed by atoms with Crippen LogP contribution in [0.15, 0.2) is 30.3 Å². The highest BCUT2D eigenvalue weighted by molar-refractivity contribution is 5.40. The summed E-state index contributed by atoms with van der Waals surface area (Å²) in [5.41, 5.74) is 0.781. The van der Waals surface area contributed by atoms with E-state index in [9.17, 15) is 0 Å². The van der Waals surface area contributed by atoms with Crippen LogP contribution in [0.4, 0.5) is 5.69 Å². The topological polar surface area (TPSA) is 62.2 Å². The van der Waals surface area contributed by atoms with Crippen molar-refractivity contribution in [3.05, 3.63) is 30.3 Å². The standard InChI is InChI=1S/C12H19NO4/c14-8-4-10-16-13(17-11-5-9-15)12-6-2-1-3-7-12/h1-3,6-7,14-15H,4-5,8-11H2. The van der Waals surface area contributed by atoms with Crippen LogP contribution in [0.1, 0.15) is 12.8 Å². The minimum Gasteiger partial charge on any atom is -0.396 e. The molecule has 5 nitrogen and oxygen atoms in total. The zero-order valence-electron chi connectivity index (χ0n) is 9.79. The normalized spacial score (nSPS) is 10.5. The zero-order valence-corrected chi connectivity index (χ0v) is 9.79. The van der Waals surface area contributed by atoms with E-state index in [0.29, 0.717) is 26.1 Å². The van der Waals surface area contributed by atoms with Crippen LogP contribution in [0.3, 0.4) is 0 Å². The largest absolute Gasteiger partial charge is 0.396 e. The molecular weight excluding hydrogens is 222 g/mol. The van der Waals surface area contributed by atoms with Crippen LogP contribution in [-0.2, 0) is 9.68 Å². The molecule has 0 radical (unpaired) electrons. The van der Waals surface area contributed by atoms with E-state index < -0.39 is 0 Å². The molecule has 17 heavy (non-hydrogen) atoms. The summed E-state index contributed by atoms with van der Waals surface area (Å²) in [6, 6.07) is 9.39. The fraction of sp³-hybridized carbons (Fsp3) is 0.500. The number of aliphatic hydroxyl groups excluding tert-OH is 2. The maximum absolute atomic E-state index is 8.69. The lowest BCUT2D eigenvalue weighted by atomic mass is 10.3. The van der Waals surface area contributed by atoms with Crippen LogP contribution < -0.4 is 5.23 Å². The molecule has 0 spiro atoms. The van der Waals surface area contributed by atoms with E-state index >= 15 is 0 Å². The predicted octanol–water partition coefficient (Wildman–Crippen LogP) is 1.12. The monoisotopic (exact) mass is 241 g/mol. The fourth-order valence-electron chi connectivity index (χ4n) is 1.16. The van der Waals surface area contributed by atoms with Crippen LogP contribution in [0.2, 0.25) is 0 Å². The molecule has 0 fully saturated rings. The number of para-hydroxylation sites is 1. The molecule has 0 bridgehead atoms. The van der Waals surface area contributed by atoms with Crippen molar-refractivity contribution in [1.82, 2.24) is 0 Å². The molecule has 0 amide bonds. The van der Waals surface area contributed by atoms with Crippen molar-refractivity contribution in [2.75, 3.05) is 31.7 Å². The van der Waals surface area contributed by atoms with Gasteiger partial charge >= 0.3 is 0 Å². The molecule has 0 saturated carbocycles. The summed E-state index contributed by atoms with van der Waals surface area (Å²) in [5, 5.41) is 18.7. The Balaban J connectivity index is 2.46. The van der Waals surface area contributed by atoms with Gasteiger partial charge in [-0.3, -0.25) is 0 Å². The summed E-state index contributed by atoms with van der Waals surface area (Å²) >= 11 is 0. The van der Waals surface area contributed by atoms with Gasteiger partial charge in [0.15, 0.2) is 0 Å².